The Hall–Kier alpha value is -1.13. The summed E-state index contributed by atoms with van der Waals surface area (Å²) in [6, 6.07) is 1.82. The lowest BCUT2D eigenvalue weighted by Crippen LogP contribution is -2.16. The number of aliphatic hydroxyl groups is 1. The molecule has 0 aliphatic rings. The van der Waals surface area contributed by atoms with Gasteiger partial charge in [0.05, 0.1) is 18.9 Å². The topological polar surface area (TPSA) is 54.4 Å². The van der Waals surface area contributed by atoms with Gasteiger partial charge in [-0.05, 0) is 19.5 Å². The minimum atomic E-state index is -0.535. The summed E-state index contributed by atoms with van der Waals surface area (Å²) in [4.78, 5) is 4.03. The first-order valence-electron chi connectivity index (χ1n) is 5.18. The molecule has 2 N–H and O–H groups in total. The zero-order chi connectivity index (χ0) is 11.1. The summed E-state index contributed by atoms with van der Waals surface area (Å²) in [6.45, 7) is 3.24. The minimum Gasteiger partial charge on any atom is -0.492 e. The van der Waals surface area contributed by atoms with Crippen molar-refractivity contribution >= 4 is 0 Å². The van der Waals surface area contributed by atoms with E-state index in [1.807, 2.05) is 13.0 Å². The third kappa shape index (κ3) is 3.85. The van der Waals surface area contributed by atoms with Gasteiger partial charge in [-0.1, -0.05) is 6.92 Å². The molecule has 0 aliphatic heterocycles. The Bertz CT molecular complexity index is 292. The van der Waals surface area contributed by atoms with Gasteiger partial charge in [0, 0.05) is 18.3 Å². The van der Waals surface area contributed by atoms with E-state index in [-0.39, 0.29) is 0 Å². The Morgan fingerprint density at radius 3 is 3.00 bits per heavy atom. The number of rotatable bonds is 6. The molecule has 4 nitrogen and oxygen atoms in total. The number of likely N-dealkylation sites (N-methyl/N-ethyl adjacent to an activating group) is 1. The summed E-state index contributed by atoms with van der Waals surface area (Å²) in [5, 5.41) is 12.6. The van der Waals surface area contributed by atoms with Crippen LogP contribution >= 0.6 is 0 Å². The van der Waals surface area contributed by atoms with Crippen LogP contribution in [0.25, 0.3) is 0 Å². The molecule has 0 bridgehead atoms. The summed E-state index contributed by atoms with van der Waals surface area (Å²) in [5.74, 6) is 0.713. The van der Waals surface area contributed by atoms with Gasteiger partial charge in [-0.15, -0.1) is 0 Å². The van der Waals surface area contributed by atoms with E-state index in [1.54, 1.807) is 19.4 Å². The Balaban J connectivity index is 2.64. The highest BCUT2D eigenvalue weighted by Crippen LogP contribution is 2.17. The Kier molecular flexibility index (Phi) is 5.07. The Morgan fingerprint density at radius 1 is 1.53 bits per heavy atom. The molecule has 0 aliphatic carbocycles. The van der Waals surface area contributed by atoms with Crippen molar-refractivity contribution in [3.8, 4) is 5.75 Å². The summed E-state index contributed by atoms with van der Waals surface area (Å²) in [5.41, 5.74) is 0.776. The highest BCUT2D eigenvalue weighted by Gasteiger charge is 2.07. The molecule has 0 saturated carbocycles. The summed E-state index contributed by atoms with van der Waals surface area (Å²) in [7, 11) is 1.80. The predicted octanol–water partition coefficient (Wildman–Crippen LogP) is 1.12. The molecule has 1 heterocycles. The average molecular weight is 210 g/mol. The van der Waals surface area contributed by atoms with Crippen molar-refractivity contribution in [3.05, 3.63) is 24.0 Å². The first-order valence-corrected chi connectivity index (χ1v) is 5.18. The van der Waals surface area contributed by atoms with Crippen LogP contribution in [0.1, 0.15) is 25.0 Å². The van der Waals surface area contributed by atoms with Crippen LogP contribution in [-0.4, -0.2) is 30.3 Å². The summed E-state index contributed by atoms with van der Waals surface area (Å²) in [6.07, 6.45) is 3.74. The smallest absolute Gasteiger partial charge is 0.137 e. The van der Waals surface area contributed by atoms with Crippen molar-refractivity contribution < 1.29 is 9.84 Å². The first-order chi connectivity index (χ1) is 7.27. The second kappa shape index (κ2) is 6.37. The van der Waals surface area contributed by atoms with E-state index >= 15 is 0 Å². The Morgan fingerprint density at radius 2 is 2.33 bits per heavy atom. The molecule has 0 amide bonds. The maximum absolute atomic E-state index is 9.71. The summed E-state index contributed by atoms with van der Waals surface area (Å²) >= 11 is 0. The van der Waals surface area contributed by atoms with Gasteiger partial charge in [0.2, 0.25) is 0 Å². The van der Waals surface area contributed by atoms with Crippen LogP contribution in [0.5, 0.6) is 5.75 Å². The molecule has 84 valence electrons. The molecular formula is C11H18N2O2. The fourth-order valence-corrected chi connectivity index (χ4v) is 1.23. The van der Waals surface area contributed by atoms with Gasteiger partial charge in [-0.3, -0.25) is 4.98 Å². The van der Waals surface area contributed by atoms with Crippen LogP contribution in [0.3, 0.4) is 0 Å². The SMILES string of the molecule is CCCOc1cncc(C(O)CNC)c1. The fraction of sp³-hybridized carbons (Fsp3) is 0.545. The van der Waals surface area contributed by atoms with Gasteiger partial charge >= 0.3 is 0 Å². The van der Waals surface area contributed by atoms with Gasteiger partial charge in [0.25, 0.3) is 0 Å². The standard InChI is InChI=1S/C11H18N2O2/c1-3-4-15-10-5-9(6-13-7-10)11(14)8-12-2/h5-7,11-12,14H,3-4,8H2,1-2H3. The molecule has 1 aromatic heterocycles. The van der Waals surface area contributed by atoms with E-state index in [0.29, 0.717) is 18.9 Å². The van der Waals surface area contributed by atoms with Gasteiger partial charge in [-0.25, -0.2) is 0 Å². The number of pyridine rings is 1. The number of hydrogen-bond donors (Lipinski definition) is 2. The number of nitrogens with zero attached hydrogens (tertiary/aromatic N) is 1. The normalized spacial score (nSPS) is 12.5. The number of aliphatic hydroxyl groups excluding tert-OH is 1. The van der Waals surface area contributed by atoms with Crippen LogP contribution in [0.4, 0.5) is 0 Å². The zero-order valence-corrected chi connectivity index (χ0v) is 9.23. The number of hydrogen-bond acceptors (Lipinski definition) is 4. The van der Waals surface area contributed by atoms with E-state index in [1.165, 1.54) is 0 Å². The summed E-state index contributed by atoms with van der Waals surface area (Å²) < 4.78 is 5.43. The van der Waals surface area contributed by atoms with Crippen LogP contribution in [0, 0.1) is 0 Å². The largest absolute Gasteiger partial charge is 0.492 e. The van der Waals surface area contributed by atoms with Gasteiger partial charge in [0.15, 0.2) is 0 Å². The second-order valence-corrected chi connectivity index (χ2v) is 3.38. The predicted molar refractivity (Wildman–Crippen MR) is 58.9 cm³/mol. The molecule has 1 aromatic rings. The van der Waals surface area contributed by atoms with E-state index in [2.05, 4.69) is 10.3 Å². The van der Waals surface area contributed by atoms with Crippen molar-refractivity contribution in [3.63, 3.8) is 0 Å². The fourth-order valence-electron chi connectivity index (χ4n) is 1.23. The zero-order valence-electron chi connectivity index (χ0n) is 9.23. The molecule has 1 rings (SSSR count). The molecule has 0 radical (unpaired) electrons. The maximum atomic E-state index is 9.71. The van der Waals surface area contributed by atoms with E-state index in [9.17, 15) is 5.11 Å². The van der Waals surface area contributed by atoms with Crippen molar-refractivity contribution in [2.24, 2.45) is 0 Å². The van der Waals surface area contributed by atoms with Crippen LogP contribution in [0.2, 0.25) is 0 Å². The lowest BCUT2D eigenvalue weighted by Gasteiger charge is -2.11. The van der Waals surface area contributed by atoms with Gasteiger partial charge in [-0.2, -0.15) is 0 Å². The van der Waals surface area contributed by atoms with Crippen LogP contribution in [0.15, 0.2) is 18.5 Å². The molecule has 1 atom stereocenters. The quantitative estimate of drug-likeness (QED) is 0.739. The van der Waals surface area contributed by atoms with Crippen molar-refractivity contribution in [2.75, 3.05) is 20.2 Å². The molecule has 0 aromatic carbocycles. The second-order valence-electron chi connectivity index (χ2n) is 3.38. The number of nitrogens with one attached hydrogen (secondary N) is 1. The molecule has 1 unspecified atom stereocenters. The molecule has 15 heavy (non-hydrogen) atoms. The third-order valence-corrected chi connectivity index (χ3v) is 1.99. The van der Waals surface area contributed by atoms with Gasteiger partial charge < -0.3 is 15.2 Å². The van der Waals surface area contributed by atoms with Crippen LogP contribution in [-0.2, 0) is 0 Å². The minimum absolute atomic E-state index is 0.513. The molecule has 0 spiro atoms. The lowest BCUT2D eigenvalue weighted by atomic mass is 10.1. The molecule has 0 fully saturated rings. The maximum Gasteiger partial charge on any atom is 0.137 e. The highest BCUT2D eigenvalue weighted by atomic mass is 16.5. The van der Waals surface area contributed by atoms with Crippen molar-refractivity contribution in [1.82, 2.24) is 10.3 Å². The highest BCUT2D eigenvalue weighted by molar-refractivity contribution is 5.25. The first kappa shape index (κ1) is 11.9. The van der Waals surface area contributed by atoms with Crippen molar-refractivity contribution in [2.45, 2.75) is 19.4 Å². The molecule has 0 saturated heterocycles. The average Bonchev–Trinajstić information content (AvgIpc) is 2.27. The molecule has 4 heteroatoms. The van der Waals surface area contributed by atoms with Crippen molar-refractivity contribution in [1.29, 1.82) is 0 Å². The third-order valence-electron chi connectivity index (χ3n) is 1.99. The van der Waals surface area contributed by atoms with E-state index in [4.69, 9.17) is 4.74 Å². The molecular weight excluding hydrogens is 192 g/mol. The number of aromatic nitrogens is 1. The van der Waals surface area contributed by atoms with Crippen LogP contribution < -0.4 is 10.1 Å². The van der Waals surface area contributed by atoms with E-state index < -0.39 is 6.10 Å². The Labute approximate surface area is 90.3 Å². The van der Waals surface area contributed by atoms with E-state index in [0.717, 1.165) is 12.0 Å². The van der Waals surface area contributed by atoms with Gasteiger partial charge in [0.1, 0.15) is 5.75 Å². The lowest BCUT2D eigenvalue weighted by molar-refractivity contribution is 0.176. The monoisotopic (exact) mass is 210 g/mol. The number of ether oxygens (including phenoxy) is 1.